The number of nitrogens with zero attached hydrogens (tertiary/aromatic N) is 2. The lowest BCUT2D eigenvalue weighted by molar-refractivity contribution is -0.141. The number of carbonyl (C=O) groups is 2. The molecule has 2 aliphatic rings. The van der Waals surface area contributed by atoms with E-state index in [1.807, 2.05) is 11.9 Å². The third-order valence-corrected chi connectivity index (χ3v) is 5.12. The Labute approximate surface area is 127 Å². The summed E-state index contributed by atoms with van der Waals surface area (Å²) in [6.45, 7) is 5.48. The van der Waals surface area contributed by atoms with E-state index >= 15 is 0 Å². The third kappa shape index (κ3) is 3.96. The first-order valence-corrected chi connectivity index (χ1v) is 8.24. The Hall–Kier alpha value is -1.10. The molecule has 1 aliphatic heterocycles. The lowest BCUT2D eigenvalue weighted by atomic mass is 9.99. The summed E-state index contributed by atoms with van der Waals surface area (Å²) in [5, 5.41) is 9.05. The fraction of sp³-hybridized carbons (Fsp3) is 0.875. The molecule has 0 bridgehead atoms. The van der Waals surface area contributed by atoms with E-state index in [4.69, 9.17) is 5.11 Å². The van der Waals surface area contributed by atoms with Crippen molar-refractivity contribution in [2.45, 2.75) is 51.5 Å². The van der Waals surface area contributed by atoms with Crippen molar-refractivity contribution in [3.63, 3.8) is 0 Å². The Kier molecular flexibility index (Phi) is 5.62. The standard InChI is InChI=1S/C16H28N2O3/c1-3-8-18-9-6-14(7-10-18)17(2)15(19)12-4-5-13(11-12)16(20)21/h12-14H,3-11H2,1-2H3,(H,20,21). The topological polar surface area (TPSA) is 60.9 Å². The first-order chi connectivity index (χ1) is 10.0. The number of hydrogen-bond acceptors (Lipinski definition) is 3. The maximum absolute atomic E-state index is 12.5. The van der Waals surface area contributed by atoms with Gasteiger partial charge in [-0.1, -0.05) is 6.92 Å². The number of likely N-dealkylation sites (tertiary alicyclic amines) is 1. The van der Waals surface area contributed by atoms with Gasteiger partial charge in [0.25, 0.3) is 0 Å². The molecule has 2 fully saturated rings. The van der Waals surface area contributed by atoms with Gasteiger partial charge in [0.2, 0.25) is 5.91 Å². The van der Waals surface area contributed by atoms with E-state index in [-0.39, 0.29) is 17.7 Å². The summed E-state index contributed by atoms with van der Waals surface area (Å²) in [5.41, 5.74) is 0. The van der Waals surface area contributed by atoms with Gasteiger partial charge in [0, 0.05) is 32.1 Å². The quantitative estimate of drug-likeness (QED) is 0.840. The van der Waals surface area contributed by atoms with Crippen molar-refractivity contribution in [3.05, 3.63) is 0 Å². The molecule has 0 aromatic carbocycles. The fourth-order valence-electron chi connectivity index (χ4n) is 3.74. The first-order valence-electron chi connectivity index (χ1n) is 8.24. The molecule has 1 heterocycles. The van der Waals surface area contributed by atoms with Crippen LogP contribution in [-0.4, -0.2) is 59.5 Å². The van der Waals surface area contributed by atoms with Gasteiger partial charge in [-0.2, -0.15) is 0 Å². The zero-order valence-electron chi connectivity index (χ0n) is 13.3. The van der Waals surface area contributed by atoms with E-state index in [0.717, 1.165) is 38.9 Å². The van der Waals surface area contributed by atoms with Crippen molar-refractivity contribution in [3.8, 4) is 0 Å². The number of piperidine rings is 1. The predicted octanol–water partition coefficient (Wildman–Crippen LogP) is 1.82. The van der Waals surface area contributed by atoms with Crippen LogP contribution in [0.1, 0.15) is 45.4 Å². The zero-order chi connectivity index (χ0) is 15.4. The zero-order valence-corrected chi connectivity index (χ0v) is 13.3. The minimum absolute atomic E-state index is 0.0789. The lowest BCUT2D eigenvalue weighted by Gasteiger charge is -2.37. The summed E-state index contributed by atoms with van der Waals surface area (Å²) in [7, 11) is 1.90. The normalized spacial score (nSPS) is 27.7. The molecule has 0 aromatic heterocycles. The molecule has 5 heteroatoms. The number of carboxylic acids is 1. The molecule has 120 valence electrons. The molecule has 0 spiro atoms. The summed E-state index contributed by atoms with van der Waals surface area (Å²) in [6.07, 6.45) is 5.16. The maximum Gasteiger partial charge on any atom is 0.306 e. The van der Waals surface area contributed by atoms with Gasteiger partial charge in [-0.25, -0.2) is 0 Å². The smallest absolute Gasteiger partial charge is 0.306 e. The number of rotatable bonds is 5. The molecule has 1 amide bonds. The average molecular weight is 296 g/mol. The molecule has 1 aliphatic carbocycles. The van der Waals surface area contributed by atoms with Gasteiger partial charge in [-0.15, -0.1) is 0 Å². The van der Waals surface area contributed by atoms with Gasteiger partial charge in [0.1, 0.15) is 0 Å². The number of hydrogen-bond donors (Lipinski definition) is 1. The van der Waals surface area contributed by atoms with Crippen LogP contribution in [0, 0.1) is 11.8 Å². The Morgan fingerprint density at radius 3 is 2.29 bits per heavy atom. The highest BCUT2D eigenvalue weighted by Gasteiger charge is 2.37. The molecule has 0 aromatic rings. The van der Waals surface area contributed by atoms with Crippen molar-refractivity contribution in [1.29, 1.82) is 0 Å². The SMILES string of the molecule is CCCN1CCC(N(C)C(=O)C2CCC(C(=O)O)C2)CC1. The molecule has 21 heavy (non-hydrogen) atoms. The Morgan fingerprint density at radius 2 is 1.76 bits per heavy atom. The number of carbonyl (C=O) groups excluding carboxylic acids is 1. The highest BCUT2D eigenvalue weighted by atomic mass is 16.4. The van der Waals surface area contributed by atoms with Crippen molar-refractivity contribution < 1.29 is 14.7 Å². The lowest BCUT2D eigenvalue weighted by Crippen LogP contribution is -2.47. The van der Waals surface area contributed by atoms with Crippen LogP contribution in [0.5, 0.6) is 0 Å². The van der Waals surface area contributed by atoms with Crippen LogP contribution in [0.3, 0.4) is 0 Å². The van der Waals surface area contributed by atoms with Crippen molar-refractivity contribution >= 4 is 11.9 Å². The van der Waals surface area contributed by atoms with Gasteiger partial charge < -0.3 is 14.9 Å². The summed E-state index contributed by atoms with van der Waals surface area (Å²) in [5.74, 6) is -0.989. The number of carboxylic acid groups (broad SMARTS) is 1. The van der Waals surface area contributed by atoms with E-state index in [1.165, 1.54) is 6.42 Å². The van der Waals surface area contributed by atoms with E-state index < -0.39 is 5.97 Å². The summed E-state index contributed by atoms with van der Waals surface area (Å²) in [4.78, 5) is 27.9. The van der Waals surface area contributed by atoms with Crippen LogP contribution in [-0.2, 0) is 9.59 Å². The predicted molar refractivity (Wildman–Crippen MR) is 81.0 cm³/mol. The van der Waals surface area contributed by atoms with Crippen LogP contribution in [0.2, 0.25) is 0 Å². The van der Waals surface area contributed by atoms with Crippen molar-refractivity contribution in [2.24, 2.45) is 11.8 Å². The summed E-state index contributed by atoms with van der Waals surface area (Å²) < 4.78 is 0. The number of amides is 1. The second kappa shape index (κ2) is 7.25. The van der Waals surface area contributed by atoms with Gasteiger partial charge >= 0.3 is 5.97 Å². The Bertz CT molecular complexity index is 378. The molecular formula is C16H28N2O3. The van der Waals surface area contributed by atoms with Gasteiger partial charge in [0.15, 0.2) is 0 Å². The molecule has 0 radical (unpaired) electrons. The van der Waals surface area contributed by atoms with E-state index in [0.29, 0.717) is 18.9 Å². The maximum atomic E-state index is 12.5. The van der Waals surface area contributed by atoms with Crippen LogP contribution >= 0.6 is 0 Å². The van der Waals surface area contributed by atoms with Gasteiger partial charge in [0.05, 0.1) is 5.92 Å². The second-order valence-electron chi connectivity index (χ2n) is 6.57. The molecule has 2 atom stereocenters. The van der Waals surface area contributed by atoms with Crippen LogP contribution in [0.4, 0.5) is 0 Å². The molecule has 2 rings (SSSR count). The van der Waals surface area contributed by atoms with Crippen molar-refractivity contribution in [2.75, 3.05) is 26.7 Å². The largest absolute Gasteiger partial charge is 0.481 e. The molecule has 1 saturated heterocycles. The van der Waals surface area contributed by atoms with Crippen molar-refractivity contribution in [1.82, 2.24) is 9.80 Å². The van der Waals surface area contributed by atoms with Crippen LogP contribution in [0.15, 0.2) is 0 Å². The highest BCUT2D eigenvalue weighted by molar-refractivity contribution is 5.81. The second-order valence-corrected chi connectivity index (χ2v) is 6.57. The van der Waals surface area contributed by atoms with Gasteiger partial charge in [-0.05, 0) is 45.1 Å². The monoisotopic (exact) mass is 296 g/mol. The molecule has 1 N–H and O–H groups in total. The summed E-state index contributed by atoms with van der Waals surface area (Å²) in [6, 6.07) is 0.328. The molecule has 1 saturated carbocycles. The fourth-order valence-corrected chi connectivity index (χ4v) is 3.74. The van der Waals surface area contributed by atoms with E-state index in [1.54, 1.807) is 0 Å². The van der Waals surface area contributed by atoms with Crippen LogP contribution in [0.25, 0.3) is 0 Å². The van der Waals surface area contributed by atoms with Gasteiger partial charge in [-0.3, -0.25) is 9.59 Å². The number of aliphatic carboxylic acids is 1. The third-order valence-electron chi connectivity index (χ3n) is 5.12. The average Bonchev–Trinajstić information content (AvgIpc) is 2.97. The Morgan fingerprint density at radius 1 is 1.14 bits per heavy atom. The minimum Gasteiger partial charge on any atom is -0.481 e. The van der Waals surface area contributed by atoms with E-state index in [9.17, 15) is 9.59 Å². The highest BCUT2D eigenvalue weighted by Crippen LogP contribution is 2.33. The molecule has 5 nitrogen and oxygen atoms in total. The van der Waals surface area contributed by atoms with E-state index in [2.05, 4.69) is 11.8 Å². The Balaban J connectivity index is 1.82. The summed E-state index contributed by atoms with van der Waals surface area (Å²) >= 11 is 0. The first kappa shape index (κ1) is 16.3. The minimum atomic E-state index is -0.749. The molecule has 2 unspecified atom stereocenters. The molecular weight excluding hydrogens is 268 g/mol. The van der Waals surface area contributed by atoms with Crippen LogP contribution < -0.4 is 0 Å².